The molecule has 1 N–H and O–H groups in total. The number of hydrogen-bond acceptors (Lipinski definition) is 2. The van der Waals surface area contributed by atoms with Crippen molar-refractivity contribution < 1.29 is 4.74 Å². The zero-order valence-electron chi connectivity index (χ0n) is 7.21. The van der Waals surface area contributed by atoms with Gasteiger partial charge in [-0.15, -0.1) is 0 Å². The van der Waals surface area contributed by atoms with Crippen LogP contribution in [0.25, 0.3) is 0 Å². The zero-order valence-corrected chi connectivity index (χ0v) is 7.21. The van der Waals surface area contributed by atoms with Gasteiger partial charge in [-0.1, -0.05) is 18.2 Å². The normalized spacial score (nSPS) is 20.2. The molecule has 2 nitrogen and oxygen atoms in total. The minimum absolute atomic E-state index is 0.534. The molecule has 0 radical (unpaired) electrons. The van der Waals surface area contributed by atoms with E-state index in [1.165, 1.54) is 5.56 Å². The first-order valence-corrected chi connectivity index (χ1v) is 4.28. The van der Waals surface area contributed by atoms with Crippen LogP contribution in [0.4, 0.5) is 0 Å². The Balaban J connectivity index is 2.24. The Morgan fingerprint density at radius 2 is 2.33 bits per heavy atom. The predicted molar refractivity (Wildman–Crippen MR) is 48.6 cm³/mol. The van der Waals surface area contributed by atoms with Crippen LogP contribution in [-0.4, -0.2) is 20.2 Å². The predicted octanol–water partition coefficient (Wildman–Crippen LogP) is 1.38. The van der Waals surface area contributed by atoms with Crippen molar-refractivity contribution >= 4 is 0 Å². The zero-order chi connectivity index (χ0) is 8.39. The number of likely N-dealkylation sites (N-methyl/N-ethyl adjacent to an activating group) is 1. The molecule has 0 saturated heterocycles. The maximum Gasteiger partial charge on any atom is 0.122 e. The van der Waals surface area contributed by atoms with E-state index in [0.29, 0.717) is 5.92 Å². The Morgan fingerprint density at radius 1 is 1.50 bits per heavy atom. The molecule has 1 atom stereocenters. The first kappa shape index (κ1) is 7.62. The van der Waals surface area contributed by atoms with Crippen molar-refractivity contribution in [1.82, 2.24) is 5.32 Å². The topological polar surface area (TPSA) is 21.3 Å². The molecule has 1 aromatic carbocycles. The molecule has 0 spiro atoms. The molecule has 0 aromatic heterocycles. The molecular formula is C10H13NO. The highest BCUT2D eigenvalue weighted by Crippen LogP contribution is 2.32. The van der Waals surface area contributed by atoms with Gasteiger partial charge in [0.05, 0.1) is 6.61 Å². The highest BCUT2D eigenvalue weighted by atomic mass is 16.5. The van der Waals surface area contributed by atoms with Gasteiger partial charge in [-0.2, -0.15) is 0 Å². The molecule has 1 aromatic rings. The SMILES string of the molecule is CNC[C@@H]1COc2ccccc21. The summed E-state index contributed by atoms with van der Waals surface area (Å²) in [6, 6.07) is 8.26. The van der Waals surface area contributed by atoms with E-state index < -0.39 is 0 Å². The molecule has 0 amide bonds. The molecule has 0 aliphatic carbocycles. The number of ether oxygens (including phenoxy) is 1. The van der Waals surface area contributed by atoms with Crippen molar-refractivity contribution in [3.8, 4) is 5.75 Å². The van der Waals surface area contributed by atoms with E-state index in [1.54, 1.807) is 0 Å². The molecule has 1 aliphatic heterocycles. The fourth-order valence-electron chi connectivity index (χ4n) is 1.64. The minimum Gasteiger partial charge on any atom is -0.493 e. The smallest absolute Gasteiger partial charge is 0.122 e. The second-order valence-corrected chi connectivity index (χ2v) is 3.10. The molecule has 2 heteroatoms. The van der Waals surface area contributed by atoms with Gasteiger partial charge in [0, 0.05) is 18.0 Å². The summed E-state index contributed by atoms with van der Waals surface area (Å²) in [4.78, 5) is 0. The highest BCUT2D eigenvalue weighted by Gasteiger charge is 2.22. The fraction of sp³-hybridized carbons (Fsp3) is 0.400. The molecule has 0 unspecified atom stereocenters. The van der Waals surface area contributed by atoms with Crippen LogP contribution in [0, 0.1) is 0 Å². The monoisotopic (exact) mass is 163 g/mol. The van der Waals surface area contributed by atoms with Crippen LogP contribution in [-0.2, 0) is 0 Å². The van der Waals surface area contributed by atoms with Gasteiger partial charge < -0.3 is 10.1 Å². The summed E-state index contributed by atoms with van der Waals surface area (Å²) in [5.41, 5.74) is 1.34. The summed E-state index contributed by atoms with van der Waals surface area (Å²) in [6.07, 6.45) is 0. The lowest BCUT2D eigenvalue weighted by molar-refractivity contribution is 0.328. The molecular weight excluding hydrogens is 150 g/mol. The van der Waals surface area contributed by atoms with Gasteiger partial charge in [0.15, 0.2) is 0 Å². The Labute approximate surface area is 72.5 Å². The molecule has 12 heavy (non-hydrogen) atoms. The molecule has 1 heterocycles. The van der Waals surface area contributed by atoms with Crippen LogP contribution in [0.5, 0.6) is 5.75 Å². The van der Waals surface area contributed by atoms with Crippen molar-refractivity contribution in [2.24, 2.45) is 0 Å². The van der Waals surface area contributed by atoms with Crippen molar-refractivity contribution in [2.75, 3.05) is 20.2 Å². The molecule has 2 rings (SSSR count). The first-order valence-electron chi connectivity index (χ1n) is 4.28. The van der Waals surface area contributed by atoms with E-state index >= 15 is 0 Å². The van der Waals surface area contributed by atoms with Gasteiger partial charge in [0.1, 0.15) is 5.75 Å². The third kappa shape index (κ3) is 1.18. The third-order valence-corrected chi connectivity index (χ3v) is 2.25. The van der Waals surface area contributed by atoms with E-state index in [4.69, 9.17) is 4.74 Å². The maximum atomic E-state index is 5.52. The first-order chi connectivity index (χ1) is 5.92. The van der Waals surface area contributed by atoms with Crippen molar-refractivity contribution in [3.63, 3.8) is 0 Å². The van der Waals surface area contributed by atoms with Crippen molar-refractivity contribution in [1.29, 1.82) is 0 Å². The van der Waals surface area contributed by atoms with Crippen LogP contribution >= 0.6 is 0 Å². The summed E-state index contributed by atoms with van der Waals surface area (Å²) in [6.45, 7) is 1.82. The van der Waals surface area contributed by atoms with Gasteiger partial charge in [-0.3, -0.25) is 0 Å². The minimum atomic E-state index is 0.534. The number of benzene rings is 1. The molecule has 0 bridgehead atoms. The maximum absolute atomic E-state index is 5.52. The summed E-state index contributed by atoms with van der Waals surface area (Å²) in [7, 11) is 1.97. The largest absolute Gasteiger partial charge is 0.493 e. The van der Waals surface area contributed by atoms with Crippen LogP contribution < -0.4 is 10.1 Å². The van der Waals surface area contributed by atoms with E-state index in [0.717, 1.165) is 18.9 Å². The average molecular weight is 163 g/mol. The van der Waals surface area contributed by atoms with Crippen molar-refractivity contribution in [3.05, 3.63) is 29.8 Å². The molecule has 0 fully saturated rings. The van der Waals surface area contributed by atoms with Gasteiger partial charge in [-0.05, 0) is 13.1 Å². The number of rotatable bonds is 2. The number of hydrogen-bond donors (Lipinski definition) is 1. The molecule has 64 valence electrons. The van der Waals surface area contributed by atoms with E-state index in [1.807, 2.05) is 19.2 Å². The van der Waals surface area contributed by atoms with Gasteiger partial charge >= 0.3 is 0 Å². The Bertz CT molecular complexity index is 270. The summed E-state index contributed by atoms with van der Waals surface area (Å²) >= 11 is 0. The van der Waals surface area contributed by atoms with Crippen LogP contribution in [0.1, 0.15) is 11.5 Å². The summed E-state index contributed by atoms with van der Waals surface area (Å²) in [5, 5.41) is 3.17. The van der Waals surface area contributed by atoms with Crippen molar-refractivity contribution in [2.45, 2.75) is 5.92 Å². The standard InChI is InChI=1S/C10H13NO/c1-11-6-8-7-12-10-5-3-2-4-9(8)10/h2-5,8,11H,6-7H2,1H3/t8-/m1/s1. The lowest BCUT2D eigenvalue weighted by Gasteiger charge is -2.06. The Hall–Kier alpha value is -1.02. The van der Waals surface area contributed by atoms with Crippen LogP contribution in [0.15, 0.2) is 24.3 Å². The molecule has 1 aliphatic rings. The summed E-state index contributed by atoms with van der Waals surface area (Å²) in [5.74, 6) is 1.59. The quantitative estimate of drug-likeness (QED) is 0.711. The highest BCUT2D eigenvalue weighted by molar-refractivity contribution is 5.39. The number of nitrogens with one attached hydrogen (secondary N) is 1. The van der Waals surface area contributed by atoms with Gasteiger partial charge in [-0.25, -0.2) is 0 Å². The fourth-order valence-corrected chi connectivity index (χ4v) is 1.64. The van der Waals surface area contributed by atoms with Crippen LogP contribution in [0.2, 0.25) is 0 Å². The Morgan fingerprint density at radius 3 is 3.17 bits per heavy atom. The Kier molecular flexibility index (Phi) is 2.00. The average Bonchev–Trinajstić information content (AvgIpc) is 2.50. The van der Waals surface area contributed by atoms with Gasteiger partial charge in [0.25, 0.3) is 0 Å². The lowest BCUT2D eigenvalue weighted by atomic mass is 10.0. The lowest BCUT2D eigenvalue weighted by Crippen LogP contribution is -2.17. The number of para-hydroxylation sites is 1. The van der Waals surface area contributed by atoms with Crippen LogP contribution in [0.3, 0.4) is 0 Å². The van der Waals surface area contributed by atoms with E-state index in [-0.39, 0.29) is 0 Å². The second-order valence-electron chi connectivity index (χ2n) is 3.10. The van der Waals surface area contributed by atoms with E-state index in [2.05, 4.69) is 17.4 Å². The summed E-state index contributed by atoms with van der Waals surface area (Å²) < 4.78 is 5.52. The number of fused-ring (bicyclic) bond motifs is 1. The van der Waals surface area contributed by atoms with Gasteiger partial charge in [0.2, 0.25) is 0 Å². The third-order valence-electron chi connectivity index (χ3n) is 2.25. The molecule has 0 saturated carbocycles. The second kappa shape index (κ2) is 3.15. The van der Waals surface area contributed by atoms with E-state index in [9.17, 15) is 0 Å².